The zero-order chi connectivity index (χ0) is 53.1. The van der Waals surface area contributed by atoms with Crippen LogP contribution in [-0.2, 0) is 65.8 Å². The van der Waals surface area contributed by atoms with E-state index in [0.717, 1.165) is 5.57 Å². The standard InChI is InChI=1S/C54H84NO16P/c1-12-67-72(63,68-13-2)71-43-24-22-38(29-46(43)65-10)28-41-40-20-17-25-55-47(40)53(61)69-45(41)31-42(56)34(5)27-36(7)49(58)50(66-11)48(57)35(6)26-32(3)18-15-14-16-19-33(4)44(64-9)30-39-23-21-37(8)54(62,70-39)51(59)52(55)60/h14-16,18-19,27,32,34-35,37-41,43-47,49-50,58,62H,12-13,17,20-26,28-31H2,1-11H3/b16-14+,18-15+,33-19+,36-27+/t32-,34-,35?,37?,38?,39+,40?,41+,43-,44+,45+,46?,47?,49?,50+,54?/m1/s1. The predicted octanol–water partition coefficient (Wildman–Crippen LogP) is 7.61. The zero-order valence-electron chi connectivity index (χ0n) is 44.5. The van der Waals surface area contributed by atoms with Gasteiger partial charge in [-0.15, -0.1) is 0 Å². The number of aliphatic hydroxyl groups excluding tert-OH is 1. The number of carbonyl (C=O) groups is 5. The third-order valence-corrected chi connectivity index (χ3v) is 17.4. The summed E-state index contributed by atoms with van der Waals surface area (Å²) in [5.74, 6) is -8.96. The molecule has 1 amide bonds. The Balaban J connectivity index is 1.51. The lowest BCUT2D eigenvalue weighted by Crippen LogP contribution is -2.65. The number of hydrogen-bond donors (Lipinski definition) is 2. The molecule has 17 nitrogen and oxygen atoms in total. The summed E-state index contributed by atoms with van der Waals surface area (Å²) >= 11 is 0. The Bertz CT molecular complexity index is 2040. The van der Waals surface area contributed by atoms with Gasteiger partial charge in [-0.1, -0.05) is 64.2 Å². The van der Waals surface area contributed by atoms with Gasteiger partial charge in [-0.25, -0.2) is 9.36 Å². The average molecular weight is 1030 g/mol. The number of phosphoric ester groups is 1. The minimum Gasteiger partial charge on any atom is -0.460 e. The first kappa shape index (κ1) is 59.7. The van der Waals surface area contributed by atoms with Crippen molar-refractivity contribution in [2.75, 3.05) is 41.1 Å². The van der Waals surface area contributed by atoms with Crippen molar-refractivity contribution in [3.8, 4) is 0 Å². The van der Waals surface area contributed by atoms with Crippen molar-refractivity contribution in [2.45, 2.75) is 181 Å². The maximum atomic E-state index is 14.6. The molecular weight excluding hydrogens is 950 g/mol. The summed E-state index contributed by atoms with van der Waals surface area (Å²) in [5.41, 5.74) is 1.24. The third kappa shape index (κ3) is 14.6. The van der Waals surface area contributed by atoms with Crippen molar-refractivity contribution in [1.29, 1.82) is 0 Å². The Kier molecular flexibility index (Phi) is 22.4. The van der Waals surface area contributed by atoms with E-state index in [0.29, 0.717) is 69.8 Å². The fourth-order valence-corrected chi connectivity index (χ4v) is 13.0. The van der Waals surface area contributed by atoms with Crippen LogP contribution in [0.1, 0.15) is 126 Å². The summed E-state index contributed by atoms with van der Waals surface area (Å²) in [7, 11) is 0.618. The molecule has 72 heavy (non-hydrogen) atoms. The first-order chi connectivity index (χ1) is 34.1. The van der Waals surface area contributed by atoms with Crippen molar-refractivity contribution in [3.05, 3.63) is 47.6 Å². The van der Waals surface area contributed by atoms with Crippen molar-refractivity contribution in [2.24, 2.45) is 41.4 Å². The summed E-state index contributed by atoms with van der Waals surface area (Å²) in [6.07, 6.45) is 9.92. The van der Waals surface area contributed by atoms with Gasteiger partial charge in [0, 0.05) is 64.4 Å². The number of Topliss-reactive ketones (excluding diaryl/α,β-unsaturated/α-hetero) is 3. The maximum absolute atomic E-state index is 14.6. The largest absolute Gasteiger partial charge is 0.475 e. The average Bonchev–Trinajstić information content (AvgIpc) is 3.34. The van der Waals surface area contributed by atoms with Crippen molar-refractivity contribution >= 4 is 37.0 Å². The first-order valence-electron chi connectivity index (χ1n) is 26.2. The van der Waals surface area contributed by atoms with Gasteiger partial charge < -0.3 is 38.8 Å². The van der Waals surface area contributed by atoms with Crippen LogP contribution in [0, 0.1) is 41.4 Å². The number of phosphoric acid groups is 1. The van der Waals surface area contributed by atoms with E-state index in [9.17, 15) is 38.8 Å². The summed E-state index contributed by atoms with van der Waals surface area (Å²) in [6.45, 7) is 14.4. The number of carbonyl (C=O) groups excluding carboxylic acids is 5. The van der Waals surface area contributed by atoms with E-state index >= 15 is 0 Å². The van der Waals surface area contributed by atoms with E-state index < -0.39 is 110 Å². The fourth-order valence-electron chi connectivity index (χ4n) is 11.6. The molecule has 4 aliphatic heterocycles. The third-order valence-electron chi connectivity index (χ3n) is 15.7. The van der Waals surface area contributed by atoms with Gasteiger partial charge in [0.25, 0.3) is 11.7 Å². The zero-order valence-corrected chi connectivity index (χ0v) is 45.4. The maximum Gasteiger partial charge on any atom is 0.475 e. The quantitative estimate of drug-likeness (QED) is 0.0880. The normalized spacial score (nSPS) is 39.9. The molecule has 4 fully saturated rings. The Hall–Kier alpha value is -3.22. The van der Waals surface area contributed by atoms with Gasteiger partial charge in [0.05, 0.1) is 37.6 Å². The van der Waals surface area contributed by atoms with Crippen molar-refractivity contribution < 1.29 is 76.0 Å². The van der Waals surface area contributed by atoms with Gasteiger partial charge in [-0.05, 0) is 114 Å². The number of allylic oxidation sites excluding steroid dienone is 6. The SMILES string of the molecule is CCOP(=O)(OCC)O[C@@H]1CCC(C[C@H]2C3CCCN4C(=O)C(=O)C5(O)O[C@@H](CCC5C)C[C@H](OC)/C(C)=C/C=C/C=C/[C@@H](C)CC(C)C(=O)[C@H](OC)C(O)/C(C)=C/[C@@H](C)C(=O)C[C@@H]2OC(=O)C34)CC1OC. The molecule has 5 rings (SSSR count). The number of aliphatic hydroxyl groups is 2. The highest BCUT2D eigenvalue weighted by Gasteiger charge is 2.57. The second-order valence-electron chi connectivity index (χ2n) is 20.9. The molecule has 0 aromatic carbocycles. The predicted molar refractivity (Wildman–Crippen MR) is 268 cm³/mol. The van der Waals surface area contributed by atoms with Crippen LogP contribution in [0.2, 0.25) is 0 Å². The van der Waals surface area contributed by atoms with Crippen LogP contribution in [0.4, 0.5) is 0 Å². The van der Waals surface area contributed by atoms with Gasteiger partial charge in [0.1, 0.15) is 30.1 Å². The Labute approximate surface area is 427 Å². The van der Waals surface area contributed by atoms with Crippen LogP contribution >= 0.6 is 7.82 Å². The minimum atomic E-state index is -3.88. The summed E-state index contributed by atoms with van der Waals surface area (Å²) < 4.78 is 60.2. The van der Waals surface area contributed by atoms with Crippen LogP contribution in [0.15, 0.2) is 47.6 Å². The molecule has 0 aromatic rings. The Morgan fingerprint density at radius 3 is 2.19 bits per heavy atom. The number of rotatable bonds is 11. The highest BCUT2D eigenvalue weighted by Crippen LogP contribution is 2.53. The van der Waals surface area contributed by atoms with Gasteiger partial charge in [-0.2, -0.15) is 0 Å². The van der Waals surface area contributed by atoms with E-state index in [1.165, 1.54) is 12.0 Å². The first-order valence-corrected chi connectivity index (χ1v) is 27.7. The van der Waals surface area contributed by atoms with E-state index in [-0.39, 0.29) is 49.6 Å². The molecule has 4 bridgehead atoms. The number of fused-ring (bicyclic) bond motifs is 4. The molecule has 16 atom stereocenters. The van der Waals surface area contributed by atoms with Crippen LogP contribution in [0.5, 0.6) is 0 Å². The lowest BCUT2D eigenvalue weighted by atomic mass is 9.68. The van der Waals surface area contributed by atoms with E-state index in [2.05, 4.69) is 0 Å². The van der Waals surface area contributed by atoms with E-state index in [1.54, 1.807) is 54.9 Å². The lowest BCUT2D eigenvalue weighted by Gasteiger charge is -2.50. The van der Waals surface area contributed by atoms with Gasteiger partial charge in [0.15, 0.2) is 5.78 Å². The van der Waals surface area contributed by atoms with Crippen LogP contribution in [0.3, 0.4) is 0 Å². The number of piperidine rings is 1. The highest BCUT2D eigenvalue weighted by atomic mass is 31.2. The number of ketones is 3. The smallest absolute Gasteiger partial charge is 0.460 e. The number of amides is 1. The van der Waals surface area contributed by atoms with Crippen LogP contribution < -0.4 is 0 Å². The van der Waals surface area contributed by atoms with Gasteiger partial charge >= 0.3 is 13.8 Å². The second kappa shape index (κ2) is 27.0. The van der Waals surface area contributed by atoms with Crippen molar-refractivity contribution in [1.82, 2.24) is 4.90 Å². The van der Waals surface area contributed by atoms with Gasteiger partial charge in [-0.3, -0.25) is 32.7 Å². The number of ether oxygens (including phenoxy) is 5. The van der Waals surface area contributed by atoms with Gasteiger partial charge in [0.2, 0.25) is 5.79 Å². The summed E-state index contributed by atoms with van der Waals surface area (Å²) in [6, 6.07) is -1.18. The van der Waals surface area contributed by atoms with E-state index in [4.69, 9.17) is 37.3 Å². The van der Waals surface area contributed by atoms with Crippen LogP contribution in [-0.4, -0.2) is 140 Å². The molecule has 0 spiro atoms. The molecular formula is C54H84NO16P. The monoisotopic (exact) mass is 1030 g/mol. The number of methoxy groups -OCH3 is 3. The molecule has 0 aromatic heterocycles. The molecule has 1 aliphatic carbocycles. The van der Waals surface area contributed by atoms with Crippen LogP contribution in [0.25, 0.3) is 0 Å². The topological polar surface area (TPSA) is 220 Å². The summed E-state index contributed by atoms with van der Waals surface area (Å²) in [5, 5.41) is 23.6. The number of hydrogen-bond acceptors (Lipinski definition) is 16. The minimum absolute atomic E-state index is 0.00548. The molecule has 18 heteroatoms. The fraction of sp³-hybridized carbons (Fsp3) is 0.759. The second-order valence-corrected chi connectivity index (χ2v) is 22.5. The summed E-state index contributed by atoms with van der Waals surface area (Å²) in [4.78, 5) is 72.9. The molecule has 406 valence electrons. The molecule has 0 radical (unpaired) electrons. The number of nitrogens with zero attached hydrogens (tertiary/aromatic N) is 1. The molecule has 4 heterocycles. The highest BCUT2D eigenvalue weighted by molar-refractivity contribution is 7.48. The van der Waals surface area contributed by atoms with Crippen molar-refractivity contribution in [3.63, 3.8) is 0 Å². The molecule has 8 unspecified atom stereocenters. The molecule has 1 saturated carbocycles. The molecule has 2 N–H and O–H groups in total. The molecule has 5 aliphatic rings. The molecule has 3 saturated heterocycles. The Morgan fingerprint density at radius 2 is 1.54 bits per heavy atom. The lowest BCUT2D eigenvalue weighted by molar-refractivity contribution is -0.266. The van der Waals surface area contributed by atoms with E-state index in [1.807, 2.05) is 51.2 Å². The number of esters is 1. The Morgan fingerprint density at radius 1 is 0.833 bits per heavy atom.